The van der Waals surface area contributed by atoms with Gasteiger partial charge in [-0.1, -0.05) is 0 Å². The first kappa shape index (κ1) is 24.4. The standard InChI is InChI=1S/2C2H7N.2B/c2*1-3-2;;/h2*3H,1-2H3;;. The van der Waals surface area contributed by atoms with Gasteiger partial charge in [0.15, 0.2) is 0 Å². The zero-order chi connectivity index (χ0) is 5.41. The predicted molar refractivity (Wildman–Crippen MR) is 41.5 cm³/mol. The van der Waals surface area contributed by atoms with Gasteiger partial charge >= 0.3 is 0 Å². The van der Waals surface area contributed by atoms with Gasteiger partial charge in [-0.05, 0) is 28.2 Å². The van der Waals surface area contributed by atoms with Gasteiger partial charge in [0.25, 0.3) is 0 Å². The van der Waals surface area contributed by atoms with Gasteiger partial charge in [0.05, 0.1) is 0 Å². The maximum absolute atomic E-state index is 2.75. The number of rotatable bonds is 0. The van der Waals surface area contributed by atoms with Crippen LogP contribution in [0.1, 0.15) is 0 Å². The summed E-state index contributed by atoms with van der Waals surface area (Å²) in [4.78, 5) is 0. The van der Waals surface area contributed by atoms with Crippen molar-refractivity contribution in [1.29, 1.82) is 0 Å². The van der Waals surface area contributed by atoms with Crippen molar-refractivity contribution in [2.75, 3.05) is 28.2 Å². The van der Waals surface area contributed by atoms with Crippen LogP contribution in [-0.4, -0.2) is 45.0 Å². The average molecular weight is 112 g/mol. The van der Waals surface area contributed by atoms with Crippen LogP contribution in [0, 0.1) is 0 Å². The molecule has 0 unspecified atom stereocenters. The Morgan fingerprint density at radius 2 is 0.625 bits per heavy atom. The fourth-order valence-corrected chi connectivity index (χ4v) is 0. The summed E-state index contributed by atoms with van der Waals surface area (Å²) in [5.41, 5.74) is 0. The van der Waals surface area contributed by atoms with E-state index in [9.17, 15) is 0 Å². The van der Waals surface area contributed by atoms with E-state index in [0.29, 0.717) is 0 Å². The summed E-state index contributed by atoms with van der Waals surface area (Å²) in [6.07, 6.45) is 0. The second kappa shape index (κ2) is 61.4. The summed E-state index contributed by atoms with van der Waals surface area (Å²) in [6, 6.07) is 0. The summed E-state index contributed by atoms with van der Waals surface area (Å²) in [5, 5.41) is 5.50. The Labute approximate surface area is 56.6 Å². The highest BCUT2D eigenvalue weighted by molar-refractivity contribution is 5.76. The lowest BCUT2D eigenvalue weighted by atomic mass is 10.8. The molecule has 0 aromatic rings. The van der Waals surface area contributed by atoms with Crippen molar-refractivity contribution in [3.05, 3.63) is 0 Å². The fraction of sp³-hybridized carbons (Fsp3) is 1.00. The minimum atomic E-state index is 0. The molecule has 2 N–H and O–H groups in total. The second-order valence-corrected chi connectivity index (χ2v) is 1.00. The van der Waals surface area contributed by atoms with Crippen molar-refractivity contribution in [3.63, 3.8) is 0 Å². The molecular weight excluding hydrogens is 97.7 g/mol. The van der Waals surface area contributed by atoms with Crippen molar-refractivity contribution in [3.8, 4) is 0 Å². The zero-order valence-electron chi connectivity index (χ0n) is 6.15. The van der Waals surface area contributed by atoms with E-state index >= 15 is 0 Å². The van der Waals surface area contributed by atoms with E-state index in [1.165, 1.54) is 0 Å². The zero-order valence-corrected chi connectivity index (χ0v) is 6.15. The number of nitrogens with one attached hydrogen (secondary N) is 2. The highest BCUT2D eigenvalue weighted by Crippen LogP contribution is 0.984. The van der Waals surface area contributed by atoms with E-state index in [1.54, 1.807) is 0 Å². The van der Waals surface area contributed by atoms with Gasteiger partial charge in [-0.2, -0.15) is 0 Å². The first-order valence-electron chi connectivity index (χ1n) is 2.00. The normalized spacial score (nSPS) is 4.50. The Hall–Kier alpha value is 0.0499. The molecule has 0 aliphatic rings. The molecule has 2 nitrogen and oxygen atoms in total. The van der Waals surface area contributed by atoms with Crippen LogP contribution in [0.3, 0.4) is 0 Å². The van der Waals surface area contributed by atoms with E-state index in [2.05, 4.69) is 10.6 Å². The lowest BCUT2D eigenvalue weighted by Gasteiger charge is -1.59. The molecular formula is C4H14B2N2. The third-order valence-corrected chi connectivity index (χ3v) is 0. The first-order chi connectivity index (χ1) is 2.83. The van der Waals surface area contributed by atoms with Crippen molar-refractivity contribution >= 4 is 16.8 Å². The van der Waals surface area contributed by atoms with Crippen LogP contribution in [-0.2, 0) is 0 Å². The van der Waals surface area contributed by atoms with Gasteiger partial charge in [-0.3, -0.25) is 0 Å². The lowest BCUT2D eigenvalue weighted by molar-refractivity contribution is 1.02. The van der Waals surface area contributed by atoms with Gasteiger partial charge in [0.2, 0.25) is 0 Å². The van der Waals surface area contributed by atoms with Crippen LogP contribution in [0.25, 0.3) is 0 Å². The molecule has 0 atom stereocenters. The Balaban J connectivity index is -0.0000000160. The average Bonchev–Trinajstić information content (AvgIpc) is 1.39. The van der Waals surface area contributed by atoms with Gasteiger partial charge in [0, 0.05) is 16.8 Å². The molecule has 0 fully saturated rings. The lowest BCUT2D eigenvalue weighted by Crippen LogP contribution is -1.89. The summed E-state index contributed by atoms with van der Waals surface area (Å²) < 4.78 is 0. The molecule has 0 aromatic heterocycles. The van der Waals surface area contributed by atoms with Crippen molar-refractivity contribution in [1.82, 2.24) is 10.6 Å². The van der Waals surface area contributed by atoms with Crippen LogP contribution in [0.4, 0.5) is 0 Å². The Morgan fingerprint density at radius 1 is 0.625 bits per heavy atom. The molecule has 0 spiro atoms. The maximum atomic E-state index is 2.75. The second-order valence-electron chi connectivity index (χ2n) is 1.00. The van der Waals surface area contributed by atoms with Crippen LogP contribution in [0.2, 0.25) is 0 Å². The first-order valence-corrected chi connectivity index (χ1v) is 2.00. The molecule has 0 aliphatic heterocycles. The van der Waals surface area contributed by atoms with Gasteiger partial charge in [-0.25, -0.2) is 0 Å². The van der Waals surface area contributed by atoms with Crippen molar-refractivity contribution in [2.45, 2.75) is 0 Å². The largest absolute Gasteiger partial charge is 0.323 e. The van der Waals surface area contributed by atoms with Gasteiger partial charge < -0.3 is 10.6 Å². The predicted octanol–water partition coefficient (Wildman–Crippen LogP) is -1.09. The van der Waals surface area contributed by atoms with Crippen LogP contribution < -0.4 is 10.6 Å². The highest BCUT2D eigenvalue weighted by Gasteiger charge is 1.26. The minimum Gasteiger partial charge on any atom is -0.323 e. The molecule has 0 saturated heterocycles. The molecule has 0 rings (SSSR count). The van der Waals surface area contributed by atoms with Gasteiger partial charge in [0.1, 0.15) is 0 Å². The third kappa shape index (κ3) is 62000. The molecule has 0 heterocycles. The molecule has 46 valence electrons. The molecule has 0 aromatic carbocycles. The number of hydrogen-bond donors (Lipinski definition) is 2. The maximum Gasteiger partial charge on any atom is 0 e. The molecule has 0 bridgehead atoms. The summed E-state index contributed by atoms with van der Waals surface area (Å²) in [5.74, 6) is 0. The van der Waals surface area contributed by atoms with E-state index in [1.807, 2.05) is 28.2 Å². The van der Waals surface area contributed by atoms with Crippen LogP contribution >= 0.6 is 0 Å². The Morgan fingerprint density at radius 3 is 0.625 bits per heavy atom. The smallest absolute Gasteiger partial charge is 0 e. The quantitative estimate of drug-likeness (QED) is 0.389. The molecule has 6 radical (unpaired) electrons. The summed E-state index contributed by atoms with van der Waals surface area (Å²) in [6.45, 7) is 0. The number of hydrogen-bond acceptors (Lipinski definition) is 2. The Kier molecular flexibility index (Phi) is 187. The molecule has 0 saturated carbocycles. The fourth-order valence-electron chi connectivity index (χ4n) is 0. The molecule has 0 aliphatic carbocycles. The van der Waals surface area contributed by atoms with E-state index < -0.39 is 0 Å². The molecule has 0 amide bonds. The van der Waals surface area contributed by atoms with E-state index in [-0.39, 0.29) is 16.8 Å². The van der Waals surface area contributed by atoms with Crippen LogP contribution in [0.15, 0.2) is 0 Å². The topological polar surface area (TPSA) is 24.1 Å². The van der Waals surface area contributed by atoms with E-state index in [4.69, 9.17) is 0 Å². The molecule has 8 heavy (non-hydrogen) atoms. The molecule has 4 heteroatoms. The third-order valence-electron chi connectivity index (χ3n) is 0. The Bertz CT molecular complexity index is 14.0. The monoisotopic (exact) mass is 112 g/mol. The SMILES string of the molecule is CNC.CNC.[B].[B]. The summed E-state index contributed by atoms with van der Waals surface area (Å²) >= 11 is 0. The highest BCUT2D eigenvalue weighted by atomic mass is 14.7. The summed E-state index contributed by atoms with van der Waals surface area (Å²) in [7, 11) is 7.50. The van der Waals surface area contributed by atoms with Crippen molar-refractivity contribution < 1.29 is 0 Å². The van der Waals surface area contributed by atoms with Crippen molar-refractivity contribution in [2.24, 2.45) is 0 Å². The van der Waals surface area contributed by atoms with E-state index in [0.717, 1.165) is 0 Å². The minimum absolute atomic E-state index is 0. The van der Waals surface area contributed by atoms with Gasteiger partial charge in [-0.15, -0.1) is 0 Å². The van der Waals surface area contributed by atoms with Crippen LogP contribution in [0.5, 0.6) is 0 Å².